The number of aromatic amines is 1. The van der Waals surface area contributed by atoms with Crippen molar-refractivity contribution < 1.29 is 13.2 Å². The molecule has 0 aliphatic carbocycles. The molecule has 0 bridgehead atoms. The maximum atomic E-state index is 14.3. The lowest BCUT2D eigenvalue weighted by molar-refractivity contribution is 0.252. The van der Waals surface area contributed by atoms with Crippen LogP contribution in [0.15, 0.2) is 96.4 Å². The van der Waals surface area contributed by atoms with Gasteiger partial charge in [-0.25, -0.2) is 18.2 Å². The molecule has 0 aliphatic rings. The van der Waals surface area contributed by atoms with Gasteiger partial charge in [-0.05, 0) is 55.3 Å². The van der Waals surface area contributed by atoms with Crippen molar-refractivity contribution in [3.8, 4) is 11.1 Å². The fourth-order valence-electron chi connectivity index (χ4n) is 4.66. The first-order valence-corrected chi connectivity index (χ1v) is 14.7. The van der Waals surface area contributed by atoms with E-state index in [0.29, 0.717) is 34.4 Å². The molecule has 3 N–H and O–H groups in total. The minimum absolute atomic E-state index is 0.212. The number of nitrogens with zero attached hydrogens (tertiary/aromatic N) is 2. The largest absolute Gasteiger partial charge is 0.346 e. The molecule has 0 fully saturated rings. The van der Waals surface area contributed by atoms with Crippen molar-refractivity contribution in [3.05, 3.63) is 108 Å². The number of rotatable bonds is 9. The number of benzene rings is 2. The second-order valence-corrected chi connectivity index (χ2v) is 11.7. The summed E-state index contributed by atoms with van der Waals surface area (Å²) in [7, 11) is -3.91. The van der Waals surface area contributed by atoms with Crippen molar-refractivity contribution in [3.63, 3.8) is 0 Å². The molecular weight excluding hydrogens is 522 g/mol. The summed E-state index contributed by atoms with van der Waals surface area (Å²) < 4.78 is 28.6. The molecule has 3 heterocycles. The second-order valence-electron chi connectivity index (χ2n) is 9.70. The first-order valence-electron chi connectivity index (χ1n) is 13.2. The highest BCUT2D eigenvalue weighted by atomic mass is 32.2. The van der Waals surface area contributed by atoms with Crippen LogP contribution in [0.1, 0.15) is 41.7 Å². The standard InChI is InChI=1S/C31H31N5O3S/c1-3-4-15-33-31(37)36-25-9-5-7-22(16-25)29(40(38,39)26-12-10-21(2)11-13-26)28-20-35-30-27(28)17-24(19-34-30)23-8-6-14-32-18-23/h5-14,16-20,29H,3-4,15H2,1-2H3,(H,34,35)(H2,33,36,37). The summed E-state index contributed by atoms with van der Waals surface area (Å²) in [5.74, 6) is 0. The zero-order valence-electron chi connectivity index (χ0n) is 22.4. The number of fused-ring (bicyclic) bond motifs is 1. The Bertz CT molecular complexity index is 1730. The summed E-state index contributed by atoms with van der Waals surface area (Å²) in [5.41, 5.74) is 4.85. The second kappa shape index (κ2) is 11.7. The molecule has 2 amide bonds. The van der Waals surface area contributed by atoms with Gasteiger partial charge in [0.15, 0.2) is 9.84 Å². The summed E-state index contributed by atoms with van der Waals surface area (Å²) >= 11 is 0. The number of hydrogen-bond donors (Lipinski definition) is 3. The van der Waals surface area contributed by atoms with Crippen molar-refractivity contribution in [1.29, 1.82) is 0 Å². The maximum absolute atomic E-state index is 14.3. The van der Waals surface area contributed by atoms with E-state index in [1.165, 1.54) is 0 Å². The first-order chi connectivity index (χ1) is 19.4. The molecule has 2 aromatic carbocycles. The molecule has 9 heteroatoms. The number of anilines is 1. The smallest absolute Gasteiger partial charge is 0.319 e. The molecule has 0 aliphatic heterocycles. The monoisotopic (exact) mass is 553 g/mol. The highest BCUT2D eigenvalue weighted by molar-refractivity contribution is 7.92. The predicted molar refractivity (Wildman–Crippen MR) is 158 cm³/mol. The molecule has 1 atom stereocenters. The van der Waals surface area contributed by atoms with Crippen LogP contribution in [0.25, 0.3) is 22.2 Å². The van der Waals surface area contributed by atoms with Gasteiger partial charge >= 0.3 is 6.03 Å². The van der Waals surface area contributed by atoms with Crippen molar-refractivity contribution in [2.45, 2.75) is 36.8 Å². The normalized spacial score (nSPS) is 12.2. The molecule has 1 unspecified atom stereocenters. The zero-order chi connectivity index (χ0) is 28.1. The molecule has 5 rings (SSSR count). The Kier molecular flexibility index (Phi) is 7.93. The van der Waals surface area contributed by atoms with Crippen LogP contribution in [0, 0.1) is 6.92 Å². The Hall–Kier alpha value is -4.50. The van der Waals surface area contributed by atoms with E-state index in [2.05, 4.69) is 32.5 Å². The molecule has 40 heavy (non-hydrogen) atoms. The molecule has 204 valence electrons. The third-order valence-corrected chi connectivity index (χ3v) is 8.84. The third kappa shape index (κ3) is 5.74. The lowest BCUT2D eigenvalue weighted by Crippen LogP contribution is -2.29. The van der Waals surface area contributed by atoms with Gasteiger partial charge in [-0.15, -0.1) is 0 Å². The van der Waals surface area contributed by atoms with Gasteiger partial charge in [0, 0.05) is 59.1 Å². The highest BCUT2D eigenvalue weighted by Gasteiger charge is 2.33. The fraction of sp³-hybridized carbons (Fsp3) is 0.194. The number of aryl methyl sites for hydroxylation is 1. The number of nitrogens with one attached hydrogen (secondary N) is 3. The summed E-state index contributed by atoms with van der Waals surface area (Å²) in [6.45, 7) is 4.53. The summed E-state index contributed by atoms with van der Waals surface area (Å²) in [4.78, 5) is 24.6. The summed E-state index contributed by atoms with van der Waals surface area (Å²) in [6.07, 6.45) is 8.74. The van der Waals surface area contributed by atoms with Gasteiger partial charge in [-0.2, -0.15) is 0 Å². The number of aromatic nitrogens is 3. The molecule has 0 radical (unpaired) electrons. The molecule has 3 aromatic heterocycles. The van der Waals surface area contributed by atoms with Gasteiger partial charge in [0.1, 0.15) is 10.9 Å². The Morgan fingerprint density at radius 1 is 1.00 bits per heavy atom. The SMILES string of the molecule is CCCCNC(=O)Nc1cccc(C(c2c[nH]c3ncc(-c4cccnc4)cc23)S(=O)(=O)c2ccc(C)cc2)c1. The average Bonchev–Trinajstić information content (AvgIpc) is 3.37. The highest BCUT2D eigenvalue weighted by Crippen LogP contribution is 2.40. The Morgan fingerprint density at radius 3 is 2.58 bits per heavy atom. The Balaban J connectivity index is 1.62. The first kappa shape index (κ1) is 27.1. The lowest BCUT2D eigenvalue weighted by atomic mass is 10.0. The van der Waals surface area contributed by atoms with Crippen LogP contribution in [0.2, 0.25) is 0 Å². The lowest BCUT2D eigenvalue weighted by Gasteiger charge is -2.20. The third-order valence-electron chi connectivity index (χ3n) is 6.76. The van der Waals surface area contributed by atoms with Crippen LogP contribution >= 0.6 is 0 Å². The number of H-pyrrole nitrogens is 1. The van der Waals surface area contributed by atoms with Gasteiger partial charge in [0.2, 0.25) is 0 Å². The number of urea groups is 1. The topological polar surface area (TPSA) is 117 Å². The van der Waals surface area contributed by atoms with Crippen LogP contribution in [-0.4, -0.2) is 35.9 Å². The van der Waals surface area contributed by atoms with Gasteiger partial charge in [-0.3, -0.25) is 4.98 Å². The van der Waals surface area contributed by atoms with Crippen LogP contribution in [-0.2, 0) is 9.84 Å². The van der Waals surface area contributed by atoms with E-state index < -0.39 is 15.1 Å². The summed E-state index contributed by atoms with van der Waals surface area (Å²) in [5, 5.41) is 5.30. The maximum Gasteiger partial charge on any atom is 0.319 e. The van der Waals surface area contributed by atoms with Crippen LogP contribution in [0.3, 0.4) is 0 Å². The number of sulfone groups is 1. The zero-order valence-corrected chi connectivity index (χ0v) is 23.2. The molecule has 0 spiro atoms. The molecule has 5 aromatic rings. The number of pyridine rings is 2. The Morgan fingerprint density at radius 2 is 1.82 bits per heavy atom. The van der Waals surface area contributed by atoms with E-state index in [1.54, 1.807) is 73.3 Å². The van der Waals surface area contributed by atoms with Crippen molar-refractivity contribution in [2.24, 2.45) is 0 Å². The Labute approximate surface area is 233 Å². The van der Waals surface area contributed by atoms with Gasteiger partial charge < -0.3 is 15.6 Å². The molecular formula is C31H31N5O3S. The molecule has 8 nitrogen and oxygen atoms in total. The van der Waals surface area contributed by atoms with Crippen molar-refractivity contribution in [2.75, 3.05) is 11.9 Å². The van der Waals surface area contributed by atoms with Gasteiger partial charge in [0.25, 0.3) is 0 Å². The van der Waals surface area contributed by atoms with Crippen LogP contribution in [0.4, 0.5) is 10.5 Å². The van der Waals surface area contributed by atoms with Crippen LogP contribution < -0.4 is 10.6 Å². The minimum Gasteiger partial charge on any atom is -0.346 e. The van der Waals surface area contributed by atoms with E-state index in [4.69, 9.17) is 0 Å². The quantitative estimate of drug-likeness (QED) is 0.182. The number of carbonyl (C=O) groups excluding carboxylic acids is 1. The van der Waals surface area contributed by atoms with E-state index in [-0.39, 0.29) is 10.9 Å². The predicted octanol–water partition coefficient (Wildman–Crippen LogP) is 6.42. The van der Waals surface area contributed by atoms with Gasteiger partial charge in [0.05, 0.1) is 4.90 Å². The average molecular weight is 554 g/mol. The molecule has 0 saturated heterocycles. The van der Waals surface area contributed by atoms with Crippen LogP contribution in [0.5, 0.6) is 0 Å². The fourth-order valence-corrected chi connectivity index (χ4v) is 6.48. The van der Waals surface area contributed by atoms with E-state index in [1.807, 2.05) is 25.1 Å². The number of carbonyl (C=O) groups is 1. The number of hydrogen-bond acceptors (Lipinski definition) is 5. The molecule has 0 saturated carbocycles. The minimum atomic E-state index is -3.91. The van der Waals surface area contributed by atoms with E-state index >= 15 is 0 Å². The number of amides is 2. The van der Waals surface area contributed by atoms with Gasteiger partial charge in [-0.1, -0.05) is 49.2 Å². The van der Waals surface area contributed by atoms with E-state index in [0.717, 1.165) is 29.5 Å². The number of unbranched alkanes of at least 4 members (excludes halogenated alkanes) is 1. The van der Waals surface area contributed by atoms with Crippen molar-refractivity contribution in [1.82, 2.24) is 20.3 Å². The van der Waals surface area contributed by atoms with E-state index in [9.17, 15) is 13.2 Å². The summed E-state index contributed by atoms with van der Waals surface area (Å²) in [6, 6.07) is 19.2. The van der Waals surface area contributed by atoms with Crippen molar-refractivity contribution >= 4 is 32.6 Å².